The molecule has 0 spiro atoms. The molecule has 20 heavy (non-hydrogen) atoms. The van der Waals surface area contributed by atoms with Gasteiger partial charge in [0.05, 0.1) is 11.0 Å². The van der Waals surface area contributed by atoms with Crippen molar-refractivity contribution in [3.63, 3.8) is 0 Å². The predicted octanol–water partition coefficient (Wildman–Crippen LogP) is 3.24. The standard InChI is InChI=1S/C14H22BrNO3S/c1-11(2)19-9-5-4-8-16-20(17,18)13-6-7-14(15)12(3)10-13/h6-7,10-11,16H,4-5,8-9H2,1-3H3. The summed E-state index contributed by atoms with van der Waals surface area (Å²) < 4.78 is 33.1. The molecule has 114 valence electrons. The normalized spacial score (nSPS) is 12.1. The fraction of sp³-hybridized carbons (Fsp3) is 0.571. The van der Waals surface area contributed by atoms with Crippen LogP contribution in [0.25, 0.3) is 0 Å². The highest BCUT2D eigenvalue weighted by Gasteiger charge is 2.13. The minimum absolute atomic E-state index is 0.220. The van der Waals surface area contributed by atoms with Gasteiger partial charge in [-0.2, -0.15) is 0 Å². The molecule has 0 bridgehead atoms. The molecule has 0 aromatic heterocycles. The first-order chi connectivity index (χ1) is 9.33. The van der Waals surface area contributed by atoms with Gasteiger partial charge in [0.25, 0.3) is 0 Å². The van der Waals surface area contributed by atoms with E-state index in [1.807, 2.05) is 20.8 Å². The Hall–Kier alpha value is -0.430. The Morgan fingerprint density at radius 3 is 2.60 bits per heavy atom. The molecule has 0 heterocycles. The molecule has 1 rings (SSSR count). The lowest BCUT2D eigenvalue weighted by Gasteiger charge is -2.09. The molecule has 0 aliphatic rings. The summed E-state index contributed by atoms with van der Waals surface area (Å²) in [5.41, 5.74) is 0.901. The molecular formula is C14H22BrNO3S. The zero-order valence-corrected chi connectivity index (χ0v) is 14.6. The van der Waals surface area contributed by atoms with Crippen molar-refractivity contribution in [2.45, 2.75) is 44.6 Å². The maximum atomic E-state index is 12.1. The van der Waals surface area contributed by atoms with E-state index in [0.29, 0.717) is 18.0 Å². The highest BCUT2D eigenvalue weighted by molar-refractivity contribution is 9.10. The van der Waals surface area contributed by atoms with E-state index in [9.17, 15) is 8.42 Å². The number of aryl methyl sites for hydroxylation is 1. The van der Waals surface area contributed by atoms with E-state index in [1.165, 1.54) is 0 Å². The van der Waals surface area contributed by atoms with Crippen LogP contribution in [-0.2, 0) is 14.8 Å². The number of sulfonamides is 1. The van der Waals surface area contributed by atoms with E-state index in [1.54, 1.807) is 18.2 Å². The molecule has 6 heteroatoms. The van der Waals surface area contributed by atoms with Gasteiger partial charge < -0.3 is 4.74 Å². The lowest BCUT2D eigenvalue weighted by atomic mass is 10.2. The quantitative estimate of drug-likeness (QED) is 0.721. The summed E-state index contributed by atoms with van der Waals surface area (Å²) in [5.74, 6) is 0. The molecule has 0 radical (unpaired) electrons. The van der Waals surface area contributed by atoms with Crippen LogP contribution in [0.3, 0.4) is 0 Å². The van der Waals surface area contributed by atoms with E-state index in [0.717, 1.165) is 22.9 Å². The van der Waals surface area contributed by atoms with Gasteiger partial charge in [0.1, 0.15) is 0 Å². The van der Waals surface area contributed by atoms with E-state index in [-0.39, 0.29) is 6.10 Å². The minimum atomic E-state index is -3.41. The van der Waals surface area contributed by atoms with Crippen molar-refractivity contribution in [2.75, 3.05) is 13.2 Å². The highest BCUT2D eigenvalue weighted by atomic mass is 79.9. The van der Waals surface area contributed by atoms with Crippen LogP contribution in [0, 0.1) is 6.92 Å². The number of nitrogens with one attached hydrogen (secondary N) is 1. The summed E-state index contributed by atoms with van der Waals surface area (Å²) >= 11 is 3.36. The molecule has 0 unspecified atom stereocenters. The average molecular weight is 364 g/mol. The van der Waals surface area contributed by atoms with Gasteiger partial charge in [-0.05, 0) is 57.4 Å². The SMILES string of the molecule is Cc1cc(S(=O)(=O)NCCCCOC(C)C)ccc1Br. The van der Waals surface area contributed by atoms with Gasteiger partial charge >= 0.3 is 0 Å². The third kappa shape index (κ3) is 5.91. The number of halogens is 1. The first kappa shape index (κ1) is 17.6. The molecule has 4 nitrogen and oxygen atoms in total. The summed E-state index contributed by atoms with van der Waals surface area (Å²) in [5, 5.41) is 0. The van der Waals surface area contributed by atoms with E-state index in [2.05, 4.69) is 20.7 Å². The number of hydrogen-bond acceptors (Lipinski definition) is 3. The van der Waals surface area contributed by atoms with Gasteiger partial charge in [-0.25, -0.2) is 13.1 Å². The second-order valence-electron chi connectivity index (χ2n) is 4.94. The number of rotatable bonds is 8. The predicted molar refractivity (Wildman–Crippen MR) is 84.4 cm³/mol. The molecule has 0 aliphatic heterocycles. The van der Waals surface area contributed by atoms with Crippen molar-refractivity contribution in [3.05, 3.63) is 28.2 Å². The van der Waals surface area contributed by atoms with E-state index < -0.39 is 10.0 Å². The van der Waals surface area contributed by atoms with Crippen LogP contribution in [0.15, 0.2) is 27.6 Å². The van der Waals surface area contributed by atoms with Gasteiger partial charge in [-0.3, -0.25) is 0 Å². The first-order valence-electron chi connectivity index (χ1n) is 6.70. The number of ether oxygens (including phenoxy) is 1. The Kier molecular flexibility index (Phi) is 7.15. The number of benzene rings is 1. The first-order valence-corrected chi connectivity index (χ1v) is 8.98. The molecule has 1 aromatic rings. The third-order valence-electron chi connectivity index (χ3n) is 2.75. The smallest absolute Gasteiger partial charge is 0.240 e. The summed E-state index contributed by atoms with van der Waals surface area (Å²) in [6.45, 7) is 6.93. The molecule has 0 atom stereocenters. The van der Waals surface area contributed by atoms with Crippen molar-refractivity contribution >= 4 is 26.0 Å². The van der Waals surface area contributed by atoms with Crippen LogP contribution >= 0.6 is 15.9 Å². The Labute approximate surface area is 130 Å². The zero-order chi connectivity index (χ0) is 15.2. The monoisotopic (exact) mass is 363 g/mol. The lowest BCUT2D eigenvalue weighted by Crippen LogP contribution is -2.25. The summed E-state index contributed by atoms with van der Waals surface area (Å²) in [4.78, 5) is 0.302. The Morgan fingerprint density at radius 1 is 1.30 bits per heavy atom. The van der Waals surface area contributed by atoms with Crippen molar-refractivity contribution < 1.29 is 13.2 Å². The van der Waals surface area contributed by atoms with Gasteiger partial charge in [-0.1, -0.05) is 15.9 Å². The topological polar surface area (TPSA) is 55.4 Å². The molecule has 0 aliphatic carbocycles. The lowest BCUT2D eigenvalue weighted by molar-refractivity contribution is 0.0762. The fourth-order valence-electron chi connectivity index (χ4n) is 1.62. The maximum absolute atomic E-state index is 12.1. The summed E-state index contributed by atoms with van der Waals surface area (Å²) in [6.07, 6.45) is 1.83. The van der Waals surface area contributed by atoms with Crippen molar-refractivity contribution in [2.24, 2.45) is 0 Å². The fourth-order valence-corrected chi connectivity index (χ4v) is 3.03. The molecule has 0 saturated carbocycles. The van der Waals surface area contributed by atoms with Crippen LogP contribution in [0.5, 0.6) is 0 Å². The van der Waals surface area contributed by atoms with Gasteiger partial charge in [0.2, 0.25) is 10.0 Å². The Bertz CT molecular complexity index is 529. The van der Waals surface area contributed by atoms with Crippen LogP contribution in [0.4, 0.5) is 0 Å². The minimum Gasteiger partial charge on any atom is -0.379 e. The van der Waals surface area contributed by atoms with Gasteiger partial charge in [0.15, 0.2) is 0 Å². The van der Waals surface area contributed by atoms with Crippen LogP contribution in [0.2, 0.25) is 0 Å². The molecule has 0 saturated heterocycles. The second kappa shape index (κ2) is 8.12. The van der Waals surface area contributed by atoms with Crippen LogP contribution in [0.1, 0.15) is 32.3 Å². The largest absolute Gasteiger partial charge is 0.379 e. The van der Waals surface area contributed by atoms with Crippen molar-refractivity contribution in [1.82, 2.24) is 4.72 Å². The van der Waals surface area contributed by atoms with Crippen LogP contribution in [-0.4, -0.2) is 27.7 Å². The maximum Gasteiger partial charge on any atom is 0.240 e. The summed E-state index contributed by atoms with van der Waals surface area (Å²) in [7, 11) is -3.41. The average Bonchev–Trinajstić information content (AvgIpc) is 2.36. The molecule has 0 amide bonds. The summed E-state index contributed by atoms with van der Waals surface area (Å²) in [6, 6.07) is 5.01. The van der Waals surface area contributed by atoms with Crippen molar-refractivity contribution in [3.8, 4) is 0 Å². The highest BCUT2D eigenvalue weighted by Crippen LogP contribution is 2.19. The second-order valence-corrected chi connectivity index (χ2v) is 7.56. The zero-order valence-electron chi connectivity index (χ0n) is 12.1. The molecular weight excluding hydrogens is 342 g/mol. The Morgan fingerprint density at radius 2 is 2.00 bits per heavy atom. The van der Waals surface area contributed by atoms with E-state index in [4.69, 9.17) is 4.74 Å². The van der Waals surface area contributed by atoms with Crippen molar-refractivity contribution in [1.29, 1.82) is 0 Å². The molecule has 1 aromatic carbocycles. The number of unbranched alkanes of at least 4 members (excludes halogenated alkanes) is 1. The number of hydrogen-bond donors (Lipinski definition) is 1. The van der Waals surface area contributed by atoms with Gasteiger partial charge in [0, 0.05) is 17.6 Å². The molecule has 0 fully saturated rings. The Balaban J connectivity index is 2.43. The van der Waals surface area contributed by atoms with E-state index >= 15 is 0 Å². The third-order valence-corrected chi connectivity index (χ3v) is 5.10. The van der Waals surface area contributed by atoms with Crippen LogP contribution < -0.4 is 4.72 Å². The molecule has 1 N–H and O–H groups in total. The van der Waals surface area contributed by atoms with Gasteiger partial charge in [-0.15, -0.1) is 0 Å².